The number of pyridine rings is 1. The zero-order valence-electron chi connectivity index (χ0n) is 16.6. The molecule has 1 atom stereocenters. The molecule has 1 unspecified atom stereocenters. The van der Waals surface area contributed by atoms with E-state index >= 15 is 0 Å². The first-order valence-corrected chi connectivity index (χ1v) is 10.5. The highest BCUT2D eigenvalue weighted by atomic mass is 127. The van der Waals surface area contributed by atoms with Crippen LogP contribution in [-0.2, 0) is 6.54 Å². The molecule has 1 aromatic carbocycles. The van der Waals surface area contributed by atoms with Crippen molar-refractivity contribution >= 4 is 47.5 Å². The lowest BCUT2D eigenvalue weighted by Gasteiger charge is -2.17. The molecule has 2 aromatic rings. The molecule has 0 radical (unpaired) electrons. The monoisotopic (exact) mass is 511 g/mol. The summed E-state index contributed by atoms with van der Waals surface area (Å²) in [7, 11) is 1.80. The Kier molecular flexibility index (Phi) is 9.91. The fraction of sp³-hybridized carbons (Fsp3) is 0.429. The Morgan fingerprint density at radius 3 is 2.54 bits per heavy atom. The van der Waals surface area contributed by atoms with Crippen LogP contribution in [0.15, 0.2) is 58.5 Å². The third-order valence-corrected chi connectivity index (χ3v) is 5.67. The molecule has 28 heavy (non-hydrogen) atoms. The second-order valence-corrected chi connectivity index (χ2v) is 8.28. The molecule has 1 aromatic heterocycles. The molecule has 2 N–H and O–H groups in total. The van der Waals surface area contributed by atoms with Crippen LogP contribution in [0.2, 0.25) is 0 Å². The normalized spacial score (nSPS) is 15.1. The van der Waals surface area contributed by atoms with E-state index < -0.39 is 0 Å². The van der Waals surface area contributed by atoms with E-state index in [0.29, 0.717) is 11.8 Å². The van der Waals surface area contributed by atoms with Crippen LogP contribution < -0.4 is 15.5 Å². The van der Waals surface area contributed by atoms with Crippen LogP contribution in [0.3, 0.4) is 0 Å². The van der Waals surface area contributed by atoms with Gasteiger partial charge < -0.3 is 15.5 Å². The van der Waals surface area contributed by atoms with Crippen molar-refractivity contribution < 1.29 is 0 Å². The van der Waals surface area contributed by atoms with Gasteiger partial charge in [-0.25, -0.2) is 4.98 Å². The molecule has 0 spiro atoms. The molecule has 1 aliphatic rings. The number of thioether (sulfide) groups is 1. The van der Waals surface area contributed by atoms with Gasteiger partial charge in [0.05, 0.1) is 0 Å². The summed E-state index contributed by atoms with van der Waals surface area (Å²) in [6.45, 7) is 6.04. The van der Waals surface area contributed by atoms with E-state index in [2.05, 4.69) is 68.8 Å². The summed E-state index contributed by atoms with van der Waals surface area (Å²) in [6, 6.07) is 14.8. The maximum atomic E-state index is 4.61. The van der Waals surface area contributed by atoms with E-state index in [0.717, 1.165) is 37.0 Å². The molecule has 0 bridgehead atoms. The van der Waals surface area contributed by atoms with E-state index in [4.69, 9.17) is 0 Å². The highest BCUT2D eigenvalue weighted by Gasteiger charge is 2.13. The van der Waals surface area contributed by atoms with Gasteiger partial charge in [-0.1, -0.05) is 31.2 Å². The zero-order valence-corrected chi connectivity index (χ0v) is 19.7. The van der Waals surface area contributed by atoms with Crippen molar-refractivity contribution in [2.75, 3.05) is 31.6 Å². The van der Waals surface area contributed by atoms with Gasteiger partial charge in [0.15, 0.2) is 5.96 Å². The first-order chi connectivity index (χ1) is 13.2. The number of benzene rings is 1. The van der Waals surface area contributed by atoms with Crippen LogP contribution in [0.1, 0.15) is 25.3 Å². The fourth-order valence-corrected chi connectivity index (χ4v) is 4.02. The summed E-state index contributed by atoms with van der Waals surface area (Å²) >= 11 is 1.86. The smallest absolute Gasteiger partial charge is 0.191 e. The Hall–Kier alpha value is -1.48. The van der Waals surface area contributed by atoms with Crippen molar-refractivity contribution in [2.45, 2.75) is 36.5 Å². The molecule has 2 heterocycles. The van der Waals surface area contributed by atoms with Crippen molar-refractivity contribution in [3.63, 3.8) is 0 Å². The number of rotatable bonds is 7. The van der Waals surface area contributed by atoms with Crippen LogP contribution >= 0.6 is 35.7 Å². The van der Waals surface area contributed by atoms with Crippen LogP contribution in [0.25, 0.3) is 0 Å². The summed E-state index contributed by atoms with van der Waals surface area (Å²) in [5.74, 6) is 1.91. The maximum absolute atomic E-state index is 4.61. The molecule has 5 nitrogen and oxygen atoms in total. The van der Waals surface area contributed by atoms with Gasteiger partial charge in [0, 0.05) is 49.6 Å². The molecule has 152 valence electrons. The van der Waals surface area contributed by atoms with Crippen LogP contribution in [0.4, 0.5) is 5.82 Å². The number of halogens is 1. The highest BCUT2D eigenvalue weighted by Crippen LogP contribution is 2.22. The molecular formula is C21H30IN5S. The molecule has 1 saturated heterocycles. The van der Waals surface area contributed by atoms with Crippen molar-refractivity contribution in [2.24, 2.45) is 4.99 Å². The summed E-state index contributed by atoms with van der Waals surface area (Å²) in [5, 5.41) is 7.23. The Bertz CT molecular complexity index is 717. The molecule has 3 rings (SSSR count). The Morgan fingerprint density at radius 1 is 1.14 bits per heavy atom. The molecule has 0 aliphatic carbocycles. The van der Waals surface area contributed by atoms with Gasteiger partial charge in [-0.3, -0.25) is 4.99 Å². The van der Waals surface area contributed by atoms with Crippen molar-refractivity contribution in [1.29, 1.82) is 0 Å². The molecule has 7 heteroatoms. The van der Waals surface area contributed by atoms with Gasteiger partial charge in [0.1, 0.15) is 5.82 Å². The lowest BCUT2D eigenvalue weighted by molar-refractivity contribution is 0.788. The van der Waals surface area contributed by atoms with Crippen molar-refractivity contribution in [3.8, 4) is 0 Å². The predicted molar refractivity (Wildman–Crippen MR) is 131 cm³/mol. The summed E-state index contributed by atoms with van der Waals surface area (Å²) in [4.78, 5) is 12.6. The average molecular weight is 511 g/mol. The zero-order chi connectivity index (χ0) is 18.9. The van der Waals surface area contributed by atoms with Crippen LogP contribution in [0, 0.1) is 0 Å². The lowest BCUT2D eigenvalue weighted by atomic mass is 10.3. The average Bonchev–Trinajstić information content (AvgIpc) is 3.24. The number of anilines is 1. The Labute approximate surface area is 189 Å². The summed E-state index contributed by atoms with van der Waals surface area (Å²) in [5.41, 5.74) is 1.16. The van der Waals surface area contributed by atoms with Crippen LogP contribution in [-0.4, -0.2) is 42.9 Å². The third-order valence-electron chi connectivity index (χ3n) is 4.56. The molecular weight excluding hydrogens is 481 g/mol. The quantitative estimate of drug-likeness (QED) is 0.253. The minimum Gasteiger partial charge on any atom is -0.357 e. The predicted octanol–water partition coefficient (Wildman–Crippen LogP) is 4.15. The first kappa shape index (κ1) is 22.8. The minimum atomic E-state index is 0. The number of aliphatic imine (C=N–C) groups is 1. The lowest BCUT2D eigenvalue weighted by Crippen LogP contribution is -2.39. The third kappa shape index (κ3) is 7.16. The SMILES string of the molecule is CN=C(NCc1ccc(N2CCCC2)nc1)NCC(C)Sc1ccccc1.I. The Morgan fingerprint density at radius 2 is 1.89 bits per heavy atom. The van der Waals surface area contributed by atoms with E-state index in [9.17, 15) is 0 Å². The second kappa shape index (κ2) is 12.2. The van der Waals surface area contributed by atoms with E-state index in [1.165, 1.54) is 17.7 Å². The van der Waals surface area contributed by atoms with Gasteiger partial charge in [0.25, 0.3) is 0 Å². The summed E-state index contributed by atoms with van der Waals surface area (Å²) < 4.78 is 0. The Balaban J connectivity index is 0.00000280. The number of guanidine groups is 1. The first-order valence-electron chi connectivity index (χ1n) is 9.60. The number of nitrogens with zero attached hydrogens (tertiary/aromatic N) is 3. The second-order valence-electron chi connectivity index (χ2n) is 6.77. The molecule has 0 saturated carbocycles. The van der Waals surface area contributed by atoms with Gasteiger partial charge >= 0.3 is 0 Å². The number of nitrogens with one attached hydrogen (secondary N) is 2. The largest absolute Gasteiger partial charge is 0.357 e. The highest BCUT2D eigenvalue weighted by molar-refractivity contribution is 14.0. The number of hydrogen-bond acceptors (Lipinski definition) is 4. The van der Waals surface area contributed by atoms with Gasteiger partial charge in [-0.15, -0.1) is 35.7 Å². The maximum Gasteiger partial charge on any atom is 0.191 e. The van der Waals surface area contributed by atoms with Crippen molar-refractivity contribution in [3.05, 3.63) is 54.2 Å². The van der Waals surface area contributed by atoms with Crippen molar-refractivity contribution in [1.82, 2.24) is 15.6 Å². The topological polar surface area (TPSA) is 52.6 Å². The van der Waals surface area contributed by atoms with E-state index in [1.54, 1.807) is 7.05 Å². The molecule has 1 aliphatic heterocycles. The number of hydrogen-bond donors (Lipinski definition) is 2. The van der Waals surface area contributed by atoms with E-state index in [1.807, 2.05) is 24.0 Å². The van der Waals surface area contributed by atoms with Gasteiger partial charge in [-0.05, 0) is 36.6 Å². The fourth-order valence-electron chi connectivity index (χ4n) is 3.07. The molecule has 0 amide bonds. The number of aromatic nitrogens is 1. The standard InChI is InChI=1S/C21H29N5S.HI/c1-17(27-19-8-4-3-5-9-19)14-24-21(22-2)25-16-18-10-11-20(23-15-18)26-12-6-7-13-26;/h3-5,8-11,15,17H,6-7,12-14,16H2,1-2H3,(H2,22,24,25);1H. The molecule has 1 fully saturated rings. The van der Waals surface area contributed by atoms with Crippen LogP contribution in [0.5, 0.6) is 0 Å². The van der Waals surface area contributed by atoms with Gasteiger partial charge in [0.2, 0.25) is 0 Å². The summed E-state index contributed by atoms with van der Waals surface area (Å²) in [6.07, 6.45) is 4.50. The van der Waals surface area contributed by atoms with E-state index in [-0.39, 0.29) is 24.0 Å². The van der Waals surface area contributed by atoms with Gasteiger partial charge in [-0.2, -0.15) is 0 Å². The minimum absolute atomic E-state index is 0.